The van der Waals surface area contributed by atoms with Crippen molar-refractivity contribution in [2.75, 3.05) is 0 Å². The molecule has 0 aliphatic heterocycles. The zero-order valence-electron chi connectivity index (χ0n) is 19.9. The number of fused-ring (bicyclic) bond motifs is 2. The highest BCUT2D eigenvalue weighted by Gasteiger charge is 2.27. The van der Waals surface area contributed by atoms with Crippen molar-refractivity contribution in [2.24, 2.45) is 5.14 Å². The van der Waals surface area contributed by atoms with Gasteiger partial charge in [0.2, 0.25) is 0 Å². The predicted molar refractivity (Wildman–Crippen MR) is 147 cm³/mol. The maximum atomic E-state index is 12.0. The van der Waals surface area contributed by atoms with Gasteiger partial charge in [0.15, 0.2) is 0 Å². The number of rotatable bonds is 7. The van der Waals surface area contributed by atoms with Gasteiger partial charge in [-0.05, 0) is 34.9 Å². The molecule has 2 aromatic heterocycles. The molecule has 0 spiro atoms. The molecule has 0 amide bonds. The summed E-state index contributed by atoms with van der Waals surface area (Å²) in [5.41, 5.74) is 6.06. The Morgan fingerprint density at radius 2 is 1.43 bits per heavy atom. The molecule has 0 saturated heterocycles. The minimum atomic E-state index is -4.22. The maximum absolute atomic E-state index is 12.0. The standard InChI is InChI=1S/C30H25N3O3S/c31-37(34,35)36-29-17-9-6-14-24(29)30(25-18-32-27-15-7-4-12-22(25)27)26-20-33(19-21-10-2-1-3-11-21)28-16-8-5-13-23(26)28/h1-18,20,30,32H,19H2,(H2,31,34,35). The second-order valence-electron chi connectivity index (χ2n) is 9.05. The summed E-state index contributed by atoms with van der Waals surface area (Å²) in [5.74, 6) is -0.115. The molecule has 7 heteroatoms. The highest BCUT2D eigenvalue weighted by molar-refractivity contribution is 7.84. The van der Waals surface area contributed by atoms with Crippen LogP contribution in [0.25, 0.3) is 21.8 Å². The van der Waals surface area contributed by atoms with Crippen LogP contribution in [0.5, 0.6) is 5.75 Å². The summed E-state index contributed by atoms with van der Waals surface area (Å²) in [4.78, 5) is 3.38. The first-order valence-electron chi connectivity index (χ1n) is 12.0. The van der Waals surface area contributed by atoms with E-state index >= 15 is 0 Å². The van der Waals surface area contributed by atoms with Crippen molar-refractivity contribution in [3.05, 3.63) is 138 Å². The van der Waals surface area contributed by atoms with E-state index in [-0.39, 0.29) is 11.7 Å². The molecule has 6 nitrogen and oxygen atoms in total. The quantitative estimate of drug-likeness (QED) is 0.280. The van der Waals surface area contributed by atoms with Gasteiger partial charge in [0.05, 0.1) is 0 Å². The van der Waals surface area contributed by atoms with Crippen LogP contribution in [0.3, 0.4) is 0 Å². The summed E-state index contributed by atoms with van der Waals surface area (Å²) in [6, 6.07) is 33.9. The van der Waals surface area contributed by atoms with Crippen LogP contribution in [-0.4, -0.2) is 18.0 Å². The predicted octanol–water partition coefficient (Wildman–Crippen LogP) is 5.93. The second kappa shape index (κ2) is 9.28. The lowest BCUT2D eigenvalue weighted by molar-refractivity contribution is 0.484. The van der Waals surface area contributed by atoms with Crippen molar-refractivity contribution in [1.82, 2.24) is 9.55 Å². The van der Waals surface area contributed by atoms with Gasteiger partial charge in [-0.3, -0.25) is 0 Å². The number of aromatic amines is 1. The molecule has 1 atom stereocenters. The Balaban J connectivity index is 1.62. The third-order valence-corrected chi connectivity index (χ3v) is 7.11. The smallest absolute Gasteiger partial charge is 0.371 e. The Hall–Kier alpha value is -4.33. The summed E-state index contributed by atoms with van der Waals surface area (Å²) in [6.07, 6.45) is 4.16. The van der Waals surface area contributed by atoms with Gasteiger partial charge < -0.3 is 13.7 Å². The molecule has 0 bridgehead atoms. The summed E-state index contributed by atoms with van der Waals surface area (Å²) in [6.45, 7) is 0.706. The molecule has 0 fully saturated rings. The lowest BCUT2D eigenvalue weighted by Crippen LogP contribution is -2.20. The van der Waals surface area contributed by atoms with Crippen molar-refractivity contribution < 1.29 is 12.6 Å². The van der Waals surface area contributed by atoms with E-state index in [0.29, 0.717) is 12.1 Å². The molecule has 184 valence electrons. The van der Waals surface area contributed by atoms with Gasteiger partial charge in [0.1, 0.15) is 5.75 Å². The van der Waals surface area contributed by atoms with Gasteiger partial charge >= 0.3 is 10.3 Å². The van der Waals surface area contributed by atoms with Crippen molar-refractivity contribution >= 4 is 32.1 Å². The minimum Gasteiger partial charge on any atom is -0.371 e. The maximum Gasteiger partial charge on any atom is 0.380 e. The number of H-pyrrole nitrogens is 1. The molecule has 6 rings (SSSR count). The fourth-order valence-corrected chi connectivity index (χ4v) is 5.57. The topological polar surface area (TPSA) is 90.1 Å². The monoisotopic (exact) mass is 507 g/mol. The van der Waals surface area contributed by atoms with E-state index in [1.807, 2.05) is 66.9 Å². The molecule has 0 saturated carbocycles. The largest absolute Gasteiger partial charge is 0.380 e. The fraction of sp³-hybridized carbons (Fsp3) is 0.0667. The molecule has 0 aliphatic carbocycles. The van der Waals surface area contributed by atoms with Crippen molar-refractivity contribution in [3.63, 3.8) is 0 Å². The number of nitrogens with zero attached hydrogens (tertiary/aromatic N) is 1. The molecule has 4 aromatic carbocycles. The Morgan fingerprint density at radius 1 is 0.757 bits per heavy atom. The molecule has 0 aliphatic rings. The number of hydrogen-bond donors (Lipinski definition) is 2. The van der Waals surface area contributed by atoms with Crippen molar-refractivity contribution in [1.29, 1.82) is 0 Å². The van der Waals surface area contributed by atoms with Crippen LogP contribution < -0.4 is 9.32 Å². The average Bonchev–Trinajstić information content (AvgIpc) is 3.48. The molecular formula is C30H25N3O3S. The van der Waals surface area contributed by atoms with Crippen LogP contribution in [0.2, 0.25) is 0 Å². The molecule has 37 heavy (non-hydrogen) atoms. The summed E-state index contributed by atoms with van der Waals surface area (Å²) in [5, 5.41) is 7.44. The molecule has 3 N–H and O–H groups in total. The number of aromatic nitrogens is 2. The third-order valence-electron chi connectivity index (χ3n) is 6.69. The number of hydrogen-bond acceptors (Lipinski definition) is 3. The first kappa shape index (κ1) is 23.1. The Kier molecular flexibility index (Phi) is 5.79. The Bertz CT molecular complexity index is 1820. The van der Waals surface area contributed by atoms with Gasteiger partial charge in [-0.2, -0.15) is 13.6 Å². The van der Waals surface area contributed by atoms with Gasteiger partial charge in [-0.15, -0.1) is 0 Å². The lowest BCUT2D eigenvalue weighted by atomic mass is 9.84. The molecule has 2 heterocycles. The van der Waals surface area contributed by atoms with Gasteiger partial charge in [-0.1, -0.05) is 84.9 Å². The van der Waals surface area contributed by atoms with Gasteiger partial charge in [0, 0.05) is 52.2 Å². The Labute approximate surface area is 215 Å². The number of nitrogens with one attached hydrogen (secondary N) is 1. The van der Waals surface area contributed by atoms with Crippen molar-refractivity contribution in [2.45, 2.75) is 12.5 Å². The summed E-state index contributed by atoms with van der Waals surface area (Å²) < 4.78 is 31.5. The minimum absolute atomic E-state index is 0.208. The van der Waals surface area contributed by atoms with Crippen molar-refractivity contribution in [3.8, 4) is 5.75 Å². The van der Waals surface area contributed by atoms with Crippen LogP contribution >= 0.6 is 0 Å². The second-order valence-corrected chi connectivity index (χ2v) is 10.2. The average molecular weight is 508 g/mol. The van der Waals surface area contributed by atoms with E-state index in [2.05, 4.69) is 46.1 Å². The van der Waals surface area contributed by atoms with E-state index in [0.717, 1.165) is 32.9 Å². The summed E-state index contributed by atoms with van der Waals surface area (Å²) in [7, 11) is -4.22. The zero-order chi connectivity index (χ0) is 25.4. The first-order chi connectivity index (χ1) is 18.0. The highest BCUT2D eigenvalue weighted by Crippen LogP contribution is 2.43. The Morgan fingerprint density at radius 3 is 2.24 bits per heavy atom. The number of para-hydroxylation sites is 3. The lowest BCUT2D eigenvalue weighted by Gasteiger charge is -2.20. The van der Waals surface area contributed by atoms with Crippen LogP contribution in [0.1, 0.15) is 28.2 Å². The van der Waals surface area contributed by atoms with E-state index in [1.54, 1.807) is 12.1 Å². The van der Waals surface area contributed by atoms with Gasteiger partial charge in [0.25, 0.3) is 0 Å². The SMILES string of the molecule is NS(=O)(=O)Oc1ccccc1C(c1c[nH]c2ccccc12)c1cn(Cc2ccccc2)c2ccccc12. The van der Waals surface area contributed by atoms with E-state index < -0.39 is 10.3 Å². The van der Waals surface area contributed by atoms with E-state index in [9.17, 15) is 8.42 Å². The van der Waals surface area contributed by atoms with E-state index in [4.69, 9.17) is 9.32 Å². The summed E-state index contributed by atoms with van der Waals surface area (Å²) >= 11 is 0. The van der Waals surface area contributed by atoms with Crippen LogP contribution in [0, 0.1) is 0 Å². The van der Waals surface area contributed by atoms with Crippen LogP contribution in [0.15, 0.2) is 116 Å². The fourth-order valence-electron chi connectivity index (χ4n) is 5.17. The molecule has 1 unspecified atom stereocenters. The number of nitrogens with two attached hydrogens (primary N) is 1. The zero-order valence-corrected chi connectivity index (χ0v) is 20.7. The van der Waals surface area contributed by atoms with E-state index in [1.165, 1.54) is 5.56 Å². The van der Waals surface area contributed by atoms with Gasteiger partial charge in [-0.25, -0.2) is 0 Å². The number of benzene rings is 4. The normalized spacial score (nSPS) is 12.7. The molecule has 0 radical (unpaired) electrons. The molecular weight excluding hydrogens is 482 g/mol. The van der Waals surface area contributed by atoms with Crippen LogP contribution in [-0.2, 0) is 16.8 Å². The van der Waals surface area contributed by atoms with Crippen LogP contribution in [0.4, 0.5) is 0 Å². The highest BCUT2D eigenvalue weighted by atomic mass is 32.2. The molecule has 6 aromatic rings. The first-order valence-corrected chi connectivity index (χ1v) is 13.4. The third kappa shape index (κ3) is 4.50.